The molecule has 2 unspecified atom stereocenters. The van der Waals surface area contributed by atoms with E-state index in [4.69, 9.17) is 37.0 Å². The summed E-state index contributed by atoms with van der Waals surface area (Å²) in [5.74, 6) is -1.35. The molecule has 600 valence electrons. The van der Waals surface area contributed by atoms with Gasteiger partial charge in [0.25, 0.3) is 0 Å². The Kier molecular flexibility index (Phi) is 73.5. The zero-order valence-corrected chi connectivity index (χ0v) is 67.8. The first kappa shape index (κ1) is 99.1. The van der Waals surface area contributed by atoms with Gasteiger partial charge in [-0.15, -0.1) is 0 Å². The van der Waals surface area contributed by atoms with Crippen molar-refractivity contribution in [3.8, 4) is 0 Å². The molecule has 0 amide bonds. The van der Waals surface area contributed by atoms with E-state index in [9.17, 15) is 43.2 Å². The number of hydrogen-bond acceptors (Lipinski definition) is 15. The van der Waals surface area contributed by atoms with Gasteiger partial charge in [0.15, 0.2) is 12.2 Å². The number of phosphoric ester groups is 2. The minimum absolute atomic E-state index is 0.107. The third kappa shape index (κ3) is 76.1. The molecule has 0 aromatic carbocycles. The summed E-state index contributed by atoms with van der Waals surface area (Å²) in [6.07, 6.45) is 66.7. The lowest BCUT2D eigenvalue weighted by Gasteiger charge is -2.21. The molecule has 0 rings (SSSR count). The van der Waals surface area contributed by atoms with Gasteiger partial charge in [-0.05, 0) is 31.6 Å². The highest BCUT2D eigenvalue weighted by molar-refractivity contribution is 7.47. The van der Waals surface area contributed by atoms with Gasteiger partial charge in [0.05, 0.1) is 26.4 Å². The summed E-state index contributed by atoms with van der Waals surface area (Å²) in [7, 11) is -9.92. The molecule has 101 heavy (non-hydrogen) atoms. The first-order valence-electron chi connectivity index (χ1n) is 42.6. The van der Waals surface area contributed by atoms with Crippen molar-refractivity contribution in [1.82, 2.24) is 0 Å². The maximum absolute atomic E-state index is 13.1. The van der Waals surface area contributed by atoms with Crippen LogP contribution in [0.4, 0.5) is 0 Å². The average Bonchev–Trinajstić information content (AvgIpc) is 1.12. The van der Waals surface area contributed by atoms with E-state index < -0.39 is 97.5 Å². The van der Waals surface area contributed by atoms with Crippen LogP contribution in [0, 0.1) is 5.92 Å². The van der Waals surface area contributed by atoms with E-state index in [1.54, 1.807) is 0 Å². The van der Waals surface area contributed by atoms with Crippen LogP contribution in [0.15, 0.2) is 0 Å². The summed E-state index contributed by atoms with van der Waals surface area (Å²) in [5.41, 5.74) is 0. The van der Waals surface area contributed by atoms with Crippen LogP contribution in [-0.2, 0) is 65.4 Å². The summed E-state index contributed by atoms with van der Waals surface area (Å²) >= 11 is 0. The van der Waals surface area contributed by atoms with E-state index in [0.717, 1.165) is 95.8 Å². The Hall–Kier alpha value is -1.94. The summed E-state index contributed by atoms with van der Waals surface area (Å²) in [6.45, 7) is 7.31. The molecule has 0 saturated carbocycles. The van der Waals surface area contributed by atoms with Crippen LogP contribution in [0.5, 0.6) is 0 Å². The molecule has 0 fully saturated rings. The highest BCUT2D eigenvalue weighted by atomic mass is 31.2. The molecule has 0 saturated heterocycles. The molecule has 0 aliphatic heterocycles. The molecule has 0 aromatic heterocycles. The van der Waals surface area contributed by atoms with Crippen LogP contribution in [0.2, 0.25) is 0 Å². The number of aliphatic hydroxyl groups is 1. The largest absolute Gasteiger partial charge is 0.472 e. The fourth-order valence-electron chi connectivity index (χ4n) is 12.8. The lowest BCUT2D eigenvalue weighted by Crippen LogP contribution is -2.30. The van der Waals surface area contributed by atoms with Crippen molar-refractivity contribution in [3.05, 3.63) is 0 Å². The van der Waals surface area contributed by atoms with Gasteiger partial charge in [-0.1, -0.05) is 388 Å². The normalized spacial score (nSPS) is 13.8. The van der Waals surface area contributed by atoms with E-state index in [1.165, 1.54) is 263 Å². The predicted octanol–water partition coefficient (Wildman–Crippen LogP) is 24.8. The molecule has 0 spiro atoms. The van der Waals surface area contributed by atoms with Crippen LogP contribution in [-0.4, -0.2) is 96.7 Å². The molecule has 0 bridgehead atoms. The van der Waals surface area contributed by atoms with Gasteiger partial charge in [-0.3, -0.25) is 37.3 Å². The highest BCUT2D eigenvalue weighted by Crippen LogP contribution is 2.45. The molecule has 5 atom stereocenters. The van der Waals surface area contributed by atoms with Crippen molar-refractivity contribution in [3.63, 3.8) is 0 Å². The van der Waals surface area contributed by atoms with Crippen molar-refractivity contribution in [2.24, 2.45) is 5.92 Å². The Labute approximate surface area is 619 Å². The van der Waals surface area contributed by atoms with Gasteiger partial charge < -0.3 is 33.8 Å². The number of ether oxygens (including phenoxy) is 4. The van der Waals surface area contributed by atoms with E-state index in [0.29, 0.717) is 25.7 Å². The minimum Gasteiger partial charge on any atom is -0.462 e. The Morgan fingerprint density at radius 2 is 0.455 bits per heavy atom. The maximum atomic E-state index is 13.1. The highest BCUT2D eigenvalue weighted by Gasteiger charge is 2.30. The van der Waals surface area contributed by atoms with Crippen molar-refractivity contribution < 1.29 is 80.2 Å². The SMILES string of the molecule is CCCCCCCCCCCCCCCCCCCCCCCCC(=O)O[C@H](COC(=O)CCCCCCCCCCCCCCCCCC)COP(=O)(O)OC[C@@H](O)COP(=O)(O)OC[C@@H](COC(=O)CCCCCCCCCCCC)OC(=O)CCCCCCCCCCCCC(C)C. The quantitative estimate of drug-likeness (QED) is 0.0222. The van der Waals surface area contributed by atoms with E-state index in [2.05, 4.69) is 34.6 Å². The predicted molar refractivity (Wildman–Crippen MR) is 414 cm³/mol. The van der Waals surface area contributed by atoms with Gasteiger partial charge in [0.2, 0.25) is 0 Å². The van der Waals surface area contributed by atoms with Crippen molar-refractivity contribution in [2.45, 2.75) is 457 Å². The van der Waals surface area contributed by atoms with Crippen LogP contribution < -0.4 is 0 Å². The van der Waals surface area contributed by atoms with Gasteiger partial charge in [-0.2, -0.15) is 0 Å². The third-order valence-corrected chi connectivity index (χ3v) is 21.2. The summed E-state index contributed by atoms with van der Waals surface area (Å²) in [6, 6.07) is 0. The summed E-state index contributed by atoms with van der Waals surface area (Å²) < 4.78 is 68.7. The van der Waals surface area contributed by atoms with E-state index in [1.807, 2.05) is 0 Å². The van der Waals surface area contributed by atoms with E-state index in [-0.39, 0.29) is 25.7 Å². The summed E-state index contributed by atoms with van der Waals surface area (Å²) in [5, 5.41) is 10.6. The maximum Gasteiger partial charge on any atom is 0.472 e. The van der Waals surface area contributed by atoms with Crippen LogP contribution in [0.1, 0.15) is 439 Å². The lowest BCUT2D eigenvalue weighted by atomic mass is 10.0. The average molecular weight is 1480 g/mol. The van der Waals surface area contributed by atoms with Crippen molar-refractivity contribution in [1.29, 1.82) is 0 Å². The zero-order chi connectivity index (χ0) is 74.1. The second-order valence-electron chi connectivity index (χ2n) is 30.0. The van der Waals surface area contributed by atoms with Crippen LogP contribution in [0.25, 0.3) is 0 Å². The standard InChI is InChI=1S/C82H160O17P2/c1-6-9-12-15-18-21-24-26-28-30-31-32-33-34-35-37-39-41-47-52-57-62-67-81(86)98-78(72-93-80(85)66-61-56-51-46-40-38-36-29-27-25-22-19-16-13-10-7-2)74-97-101(90,91)95-70-76(83)69-94-100(88,89)96-73-77(71-92-79(84)65-60-55-50-45-23-20-17-14-11-8-3)99-82(87)68-63-58-53-48-43-42-44-49-54-59-64-75(4)5/h75-78,83H,6-74H2,1-5H3,(H,88,89)(H,90,91)/t76-,77+,78+/m0/s1. The topological polar surface area (TPSA) is 237 Å². The number of esters is 4. The fourth-order valence-corrected chi connectivity index (χ4v) is 14.3. The summed E-state index contributed by atoms with van der Waals surface area (Å²) in [4.78, 5) is 73.0. The number of carbonyl (C=O) groups is 4. The number of rotatable bonds is 82. The van der Waals surface area contributed by atoms with Crippen LogP contribution >= 0.6 is 15.6 Å². The Balaban J connectivity index is 5.20. The molecular formula is C82H160O17P2. The minimum atomic E-state index is -4.96. The second-order valence-corrected chi connectivity index (χ2v) is 32.9. The molecule has 19 heteroatoms. The molecule has 0 aliphatic rings. The van der Waals surface area contributed by atoms with Gasteiger partial charge >= 0.3 is 39.5 Å². The molecular weight excluding hydrogens is 1320 g/mol. The van der Waals surface area contributed by atoms with E-state index >= 15 is 0 Å². The Morgan fingerprint density at radius 3 is 0.673 bits per heavy atom. The molecule has 17 nitrogen and oxygen atoms in total. The number of phosphoric acid groups is 2. The first-order valence-corrected chi connectivity index (χ1v) is 45.6. The lowest BCUT2D eigenvalue weighted by molar-refractivity contribution is -0.161. The Bertz CT molecular complexity index is 1930. The molecule has 0 aromatic rings. The molecule has 0 heterocycles. The van der Waals surface area contributed by atoms with Crippen molar-refractivity contribution in [2.75, 3.05) is 39.6 Å². The number of unbranched alkanes of at least 4 members (excludes halogenated alkanes) is 54. The molecule has 0 aliphatic carbocycles. The fraction of sp³-hybridized carbons (Fsp3) is 0.951. The monoisotopic (exact) mass is 1480 g/mol. The van der Waals surface area contributed by atoms with Crippen molar-refractivity contribution >= 4 is 39.5 Å². The third-order valence-electron chi connectivity index (χ3n) is 19.3. The van der Waals surface area contributed by atoms with Gasteiger partial charge in [0, 0.05) is 25.7 Å². The van der Waals surface area contributed by atoms with Gasteiger partial charge in [-0.25, -0.2) is 9.13 Å². The Morgan fingerprint density at radius 1 is 0.267 bits per heavy atom. The smallest absolute Gasteiger partial charge is 0.462 e. The van der Waals surface area contributed by atoms with Crippen LogP contribution in [0.3, 0.4) is 0 Å². The number of aliphatic hydroxyl groups excluding tert-OH is 1. The zero-order valence-electron chi connectivity index (χ0n) is 66.1. The number of hydrogen-bond donors (Lipinski definition) is 3. The molecule has 3 N–H and O–H groups in total. The second kappa shape index (κ2) is 74.9. The first-order chi connectivity index (χ1) is 49.0. The molecule has 0 radical (unpaired) electrons. The van der Waals surface area contributed by atoms with Gasteiger partial charge in [0.1, 0.15) is 19.3 Å². The number of carbonyl (C=O) groups excluding carboxylic acids is 4.